The Kier molecular flexibility index (Phi) is 5.27. The molecule has 0 spiro atoms. The molecule has 1 N–H and O–H groups in total. The van der Waals surface area contributed by atoms with E-state index in [1.54, 1.807) is 18.2 Å². The number of para-hydroxylation sites is 1. The third kappa shape index (κ3) is 3.11. The lowest BCUT2D eigenvalue weighted by molar-refractivity contribution is 0.0549. The van der Waals surface area contributed by atoms with Crippen LogP contribution in [0.3, 0.4) is 0 Å². The third-order valence-corrected chi connectivity index (χ3v) is 5.49. The lowest BCUT2D eigenvalue weighted by Gasteiger charge is -2.34. The highest BCUT2D eigenvalue weighted by Gasteiger charge is 2.45. The SMILES string of the molecule is COC(=O)c1cccc(C(=O)N2[C@H](CO)C[C@@H]3CCCC[C@@H]32)c1OC. The number of likely N-dealkylation sites (tertiary alicyclic amines) is 1. The normalized spacial score (nSPS) is 25.4. The molecule has 1 saturated heterocycles. The van der Waals surface area contributed by atoms with Crippen LogP contribution in [0.2, 0.25) is 0 Å². The number of methoxy groups -OCH3 is 2. The molecule has 1 aromatic rings. The Morgan fingerprint density at radius 2 is 1.92 bits per heavy atom. The fourth-order valence-corrected chi connectivity index (χ4v) is 4.38. The number of esters is 1. The molecule has 25 heavy (non-hydrogen) atoms. The molecule has 6 nitrogen and oxygen atoms in total. The first-order valence-electron chi connectivity index (χ1n) is 8.81. The first kappa shape index (κ1) is 17.7. The second kappa shape index (κ2) is 7.44. The molecule has 1 aliphatic carbocycles. The number of nitrogens with zero attached hydrogens (tertiary/aromatic N) is 1. The van der Waals surface area contributed by atoms with Crippen LogP contribution >= 0.6 is 0 Å². The van der Waals surface area contributed by atoms with Crippen molar-refractivity contribution in [3.05, 3.63) is 29.3 Å². The number of hydrogen-bond donors (Lipinski definition) is 1. The summed E-state index contributed by atoms with van der Waals surface area (Å²) in [5, 5.41) is 9.79. The molecule has 1 aromatic carbocycles. The zero-order chi connectivity index (χ0) is 18.0. The van der Waals surface area contributed by atoms with E-state index in [9.17, 15) is 14.7 Å². The molecule has 0 radical (unpaired) electrons. The van der Waals surface area contributed by atoms with Crippen molar-refractivity contribution in [2.45, 2.75) is 44.2 Å². The van der Waals surface area contributed by atoms with Gasteiger partial charge in [0.05, 0.1) is 32.4 Å². The van der Waals surface area contributed by atoms with Gasteiger partial charge < -0.3 is 19.5 Å². The van der Waals surface area contributed by atoms with Crippen LogP contribution in [0, 0.1) is 5.92 Å². The van der Waals surface area contributed by atoms with Crippen molar-refractivity contribution in [1.82, 2.24) is 4.90 Å². The van der Waals surface area contributed by atoms with Crippen LogP contribution in [0.5, 0.6) is 5.75 Å². The molecule has 0 aromatic heterocycles. The van der Waals surface area contributed by atoms with Gasteiger partial charge in [0.1, 0.15) is 11.3 Å². The molecule has 1 heterocycles. The van der Waals surface area contributed by atoms with E-state index >= 15 is 0 Å². The minimum absolute atomic E-state index is 0.0439. The Hall–Kier alpha value is -2.08. The fourth-order valence-electron chi connectivity index (χ4n) is 4.38. The molecular weight excluding hydrogens is 322 g/mol. The number of hydrogen-bond acceptors (Lipinski definition) is 5. The van der Waals surface area contributed by atoms with Gasteiger partial charge in [-0.2, -0.15) is 0 Å². The molecule has 3 atom stereocenters. The third-order valence-electron chi connectivity index (χ3n) is 5.49. The van der Waals surface area contributed by atoms with Gasteiger partial charge in [-0.25, -0.2) is 4.79 Å². The summed E-state index contributed by atoms with van der Waals surface area (Å²) in [6.07, 6.45) is 5.19. The summed E-state index contributed by atoms with van der Waals surface area (Å²) in [7, 11) is 2.74. The highest BCUT2D eigenvalue weighted by molar-refractivity contribution is 6.02. The van der Waals surface area contributed by atoms with Gasteiger partial charge in [-0.05, 0) is 37.3 Å². The maximum Gasteiger partial charge on any atom is 0.341 e. The monoisotopic (exact) mass is 347 g/mol. The van der Waals surface area contributed by atoms with Gasteiger partial charge in [0.25, 0.3) is 5.91 Å². The average Bonchev–Trinajstić information content (AvgIpc) is 3.04. The molecule has 0 unspecified atom stereocenters. The topological polar surface area (TPSA) is 76.1 Å². The molecule has 3 rings (SSSR count). The Balaban J connectivity index is 1.98. The van der Waals surface area contributed by atoms with E-state index in [4.69, 9.17) is 9.47 Å². The van der Waals surface area contributed by atoms with E-state index in [0.29, 0.717) is 11.5 Å². The minimum Gasteiger partial charge on any atom is -0.495 e. The number of aliphatic hydroxyl groups excluding tert-OH is 1. The summed E-state index contributed by atoms with van der Waals surface area (Å²) >= 11 is 0. The van der Waals surface area contributed by atoms with Gasteiger partial charge in [0.2, 0.25) is 0 Å². The first-order chi connectivity index (χ1) is 12.1. The summed E-state index contributed by atoms with van der Waals surface area (Å²) in [6, 6.07) is 4.89. The largest absolute Gasteiger partial charge is 0.495 e. The molecule has 2 aliphatic rings. The maximum atomic E-state index is 13.3. The van der Waals surface area contributed by atoms with E-state index in [2.05, 4.69) is 0 Å². The van der Waals surface area contributed by atoms with E-state index in [-0.39, 0.29) is 35.9 Å². The number of aliphatic hydroxyl groups is 1. The van der Waals surface area contributed by atoms with Crippen molar-refractivity contribution >= 4 is 11.9 Å². The number of benzene rings is 1. The van der Waals surface area contributed by atoms with Crippen molar-refractivity contribution in [3.63, 3.8) is 0 Å². The standard InChI is InChI=1S/C19H25NO5/c1-24-17-14(7-5-8-15(17)19(23)25-2)18(22)20-13(11-21)10-12-6-3-4-9-16(12)20/h5,7-8,12-13,16,21H,3-4,6,9-11H2,1-2H3/t12-,13-,16-/m0/s1. The van der Waals surface area contributed by atoms with Crippen molar-refractivity contribution in [3.8, 4) is 5.75 Å². The Morgan fingerprint density at radius 1 is 1.20 bits per heavy atom. The number of ether oxygens (including phenoxy) is 2. The van der Waals surface area contributed by atoms with Crippen LogP contribution < -0.4 is 4.74 Å². The predicted molar refractivity (Wildman–Crippen MR) is 91.7 cm³/mol. The van der Waals surface area contributed by atoms with Crippen LogP contribution in [0.25, 0.3) is 0 Å². The molecule has 1 aliphatic heterocycles. The van der Waals surface area contributed by atoms with Gasteiger partial charge in [-0.1, -0.05) is 18.9 Å². The van der Waals surface area contributed by atoms with Crippen LogP contribution in [0.4, 0.5) is 0 Å². The molecule has 1 amide bonds. The lowest BCUT2D eigenvalue weighted by atomic mass is 9.84. The quantitative estimate of drug-likeness (QED) is 0.846. The summed E-state index contributed by atoms with van der Waals surface area (Å²) in [6.45, 7) is -0.0439. The van der Waals surface area contributed by atoms with Crippen LogP contribution in [0.15, 0.2) is 18.2 Å². The molecule has 2 fully saturated rings. The van der Waals surface area contributed by atoms with E-state index in [1.807, 2.05) is 4.90 Å². The van der Waals surface area contributed by atoms with Gasteiger partial charge in [0, 0.05) is 6.04 Å². The number of carbonyl (C=O) groups is 2. The number of amides is 1. The smallest absolute Gasteiger partial charge is 0.341 e. The zero-order valence-corrected chi connectivity index (χ0v) is 14.7. The maximum absolute atomic E-state index is 13.3. The van der Waals surface area contributed by atoms with Crippen molar-refractivity contribution in [2.24, 2.45) is 5.92 Å². The average molecular weight is 347 g/mol. The predicted octanol–water partition coefficient (Wildman–Crippen LogP) is 2.25. The van der Waals surface area contributed by atoms with Crippen molar-refractivity contribution in [2.75, 3.05) is 20.8 Å². The van der Waals surface area contributed by atoms with Gasteiger partial charge >= 0.3 is 5.97 Å². The van der Waals surface area contributed by atoms with Crippen molar-refractivity contribution < 1.29 is 24.2 Å². The van der Waals surface area contributed by atoms with Crippen LogP contribution in [0.1, 0.15) is 52.8 Å². The van der Waals surface area contributed by atoms with E-state index < -0.39 is 5.97 Å². The number of fused-ring (bicyclic) bond motifs is 1. The number of carbonyl (C=O) groups excluding carboxylic acids is 2. The van der Waals surface area contributed by atoms with Gasteiger partial charge in [0.15, 0.2) is 0 Å². The summed E-state index contributed by atoms with van der Waals surface area (Å²) in [5.74, 6) is -0.0434. The van der Waals surface area contributed by atoms with Gasteiger partial charge in [-0.15, -0.1) is 0 Å². The molecule has 6 heteroatoms. The van der Waals surface area contributed by atoms with Crippen molar-refractivity contribution in [1.29, 1.82) is 0 Å². The lowest BCUT2D eigenvalue weighted by Crippen LogP contribution is -2.44. The molecule has 136 valence electrons. The summed E-state index contributed by atoms with van der Waals surface area (Å²) in [5.41, 5.74) is 0.575. The second-order valence-corrected chi connectivity index (χ2v) is 6.77. The number of rotatable bonds is 4. The Labute approximate surface area is 147 Å². The fraction of sp³-hybridized carbons (Fsp3) is 0.579. The summed E-state index contributed by atoms with van der Waals surface area (Å²) < 4.78 is 10.2. The van der Waals surface area contributed by atoms with Crippen LogP contribution in [-0.2, 0) is 4.74 Å². The zero-order valence-electron chi connectivity index (χ0n) is 14.7. The van der Waals surface area contributed by atoms with E-state index in [0.717, 1.165) is 25.7 Å². The first-order valence-corrected chi connectivity index (χ1v) is 8.81. The highest BCUT2D eigenvalue weighted by atomic mass is 16.5. The van der Waals surface area contributed by atoms with E-state index in [1.165, 1.54) is 20.6 Å². The second-order valence-electron chi connectivity index (χ2n) is 6.77. The molecule has 0 bridgehead atoms. The Morgan fingerprint density at radius 3 is 2.60 bits per heavy atom. The molecule has 1 saturated carbocycles. The van der Waals surface area contributed by atoms with Crippen LogP contribution in [-0.4, -0.2) is 54.8 Å². The van der Waals surface area contributed by atoms with Gasteiger partial charge in [-0.3, -0.25) is 4.79 Å². The Bertz CT molecular complexity index is 659. The summed E-state index contributed by atoms with van der Waals surface area (Å²) in [4.78, 5) is 27.1. The minimum atomic E-state index is -0.540. The highest BCUT2D eigenvalue weighted by Crippen LogP contribution is 2.41. The molecular formula is C19H25NO5.